The van der Waals surface area contributed by atoms with Crippen molar-refractivity contribution in [3.63, 3.8) is 0 Å². The Morgan fingerprint density at radius 3 is 2.81 bits per heavy atom. The van der Waals surface area contributed by atoms with Gasteiger partial charge in [-0.3, -0.25) is 4.79 Å². The smallest absolute Gasteiger partial charge is 0.242 e. The Kier molecular flexibility index (Phi) is 4.25. The van der Waals surface area contributed by atoms with Crippen molar-refractivity contribution < 1.29 is 4.79 Å². The number of likely N-dealkylation sites (tertiary alicyclic amines) is 1. The molecule has 0 atom stereocenters. The summed E-state index contributed by atoms with van der Waals surface area (Å²) in [6.07, 6.45) is 4.31. The van der Waals surface area contributed by atoms with Crippen LogP contribution >= 0.6 is 0 Å². The van der Waals surface area contributed by atoms with Crippen LogP contribution in [0.3, 0.4) is 0 Å². The predicted molar refractivity (Wildman–Crippen MR) is 85.1 cm³/mol. The Morgan fingerprint density at radius 2 is 2.05 bits per heavy atom. The molecule has 3 rings (SSSR count). The maximum absolute atomic E-state index is 12.3. The highest BCUT2D eigenvalue weighted by molar-refractivity contribution is 5.84. The van der Waals surface area contributed by atoms with Crippen molar-refractivity contribution in [3.05, 3.63) is 36.0 Å². The van der Waals surface area contributed by atoms with Crippen molar-refractivity contribution >= 4 is 16.8 Å². The number of carbonyl (C=O) groups is 1. The third kappa shape index (κ3) is 3.10. The summed E-state index contributed by atoms with van der Waals surface area (Å²) in [5.74, 6) is 0.238. The van der Waals surface area contributed by atoms with Gasteiger partial charge in [0.05, 0.1) is 0 Å². The van der Waals surface area contributed by atoms with Crippen LogP contribution in [0.2, 0.25) is 0 Å². The van der Waals surface area contributed by atoms with Crippen LogP contribution in [0, 0.1) is 0 Å². The summed E-state index contributed by atoms with van der Waals surface area (Å²) in [6, 6.07) is 8.56. The highest BCUT2D eigenvalue weighted by atomic mass is 16.2. The number of fused-ring (bicyclic) bond motifs is 1. The van der Waals surface area contributed by atoms with Gasteiger partial charge in [0, 0.05) is 31.3 Å². The Bertz CT molecular complexity index is 626. The molecule has 1 saturated heterocycles. The third-order valence-electron chi connectivity index (χ3n) is 4.18. The van der Waals surface area contributed by atoms with E-state index in [0.717, 1.165) is 44.5 Å². The van der Waals surface area contributed by atoms with E-state index in [1.54, 1.807) is 0 Å². The van der Waals surface area contributed by atoms with Crippen molar-refractivity contribution in [3.8, 4) is 0 Å². The van der Waals surface area contributed by atoms with Gasteiger partial charge in [-0.2, -0.15) is 0 Å². The average Bonchev–Trinajstić information content (AvgIpc) is 3.15. The highest BCUT2D eigenvalue weighted by Gasteiger charge is 2.18. The molecule has 1 aliphatic rings. The number of benzene rings is 1. The maximum Gasteiger partial charge on any atom is 0.242 e. The molecule has 1 aromatic carbocycles. The van der Waals surface area contributed by atoms with Crippen molar-refractivity contribution in [1.29, 1.82) is 0 Å². The molecule has 0 radical (unpaired) electrons. The monoisotopic (exact) mass is 285 g/mol. The fourth-order valence-corrected chi connectivity index (χ4v) is 2.96. The van der Waals surface area contributed by atoms with Crippen LogP contribution in [0.5, 0.6) is 0 Å². The van der Waals surface area contributed by atoms with Gasteiger partial charge in [0.25, 0.3) is 0 Å². The molecule has 0 saturated carbocycles. The molecule has 21 heavy (non-hydrogen) atoms. The van der Waals surface area contributed by atoms with E-state index in [1.807, 2.05) is 11.1 Å². The first-order valence-corrected chi connectivity index (χ1v) is 7.84. The van der Waals surface area contributed by atoms with E-state index in [-0.39, 0.29) is 5.91 Å². The lowest BCUT2D eigenvalue weighted by Crippen LogP contribution is -2.30. The van der Waals surface area contributed by atoms with E-state index in [1.165, 1.54) is 10.9 Å². The van der Waals surface area contributed by atoms with Crippen molar-refractivity contribution in [1.82, 2.24) is 14.8 Å². The van der Waals surface area contributed by atoms with Crippen LogP contribution < -0.4 is 5.32 Å². The van der Waals surface area contributed by atoms with E-state index >= 15 is 0 Å². The van der Waals surface area contributed by atoms with Crippen LogP contribution in [0.4, 0.5) is 0 Å². The average molecular weight is 285 g/mol. The number of amides is 1. The Labute approximate surface area is 125 Å². The lowest BCUT2D eigenvalue weighted by Gasteiger charge is -2.16. The summed E-state index contributed by atoms with van der Waals surface area (Å²) in [5.41, 5.74) is 2.41. The lowest BCUT2D eigenvalue weighted by atomic mass is 10.1. The van der Waals surface area contributed by atoms with Gasteiger partial charge >= 0.3 is 0 Å². The van der Waals surface area contributed by atoms with Gasteiger partial charge in [-0.1, -0.05) is 19.1 Å². The molecule has 1 N–H and O–H groups in total. The molecule has 2 heterocycles. The summed E-state index contributed by atoms with van der Waals surface area (Å²) in [5, 5.41) is 4.54. The molecular formula is C17H23N3O. The fourth-order valence-electron chi connectivity index (χ4n) is 2.96. The molecular weight excluding hydrogens is 262 g/mol. The number of aromatic nitrogens is 1. The van der Waals surface area contributed by atoms with E-state index in [0.29, 0.717) is 6.54 Å². The minimum Gasteiger partial charge on any atom is -0.341 e. The van der Waals surface area contributed by atoms with Gasteiger partial charge in [0.2, 0.25) is 5.91 Å². The molecule has 0 spiro atoms. The second kappa shape index (κ2) is 6.31. The summed E-state index contributed by atoms with van der Waals surface area (Å²) >= 11 is 0. The molecule has 0 bridgehead atoms. The van der Waals surface area contributed by atoms with Gasteiger partial charge in [-0.15, -0.1) is 0 Å². The standard InChI is InChI=1S/C17H23N3O/c1-2-18-12-14-5-6-15-7-10-20(16(15)11-14)13-17(21)19-8-3-4-9-19/h5-7,10-11,18H,2-4,8-9,12-13H2,1H3. The van der Waals surface area contributed by atoms with E-state index < -0.39 is 0 Å². The highest BCUT2D eigenvalue weighted by Crippen LogP contribution is 2.18. The second-order valence-electron chi connectivity index (χ2n) is 5.71. The van der Waals surface area contributed by atoms with Crippen LogP contribution in [-0.4, -0.2) is 35.0 Å². The minimum atomic E-state index is 0.238. The molecule has 4 nitrogen and oxygen atoms in total. The Balaban J connectivity index is 1.79. The molecule has 0 unspecified atom stereocenters. The van der Waals surface area contributed by atoms with Crippen LogP contribution in [0.1, 0.15) is 25.3 Å². The van der Waals surface area contributed by atoms with Gasteiger partial charge in [0.1, 0.15) is 6.54 Å². The largest absolute Gasteiger partial charge is 0.341 e. The summed E-state index contributed by atoms with van der Waals surface area (Å²) in [7, 11) is 0. The minimum absolute atomic E-state index is 0.238. The molecule has 1 aliphatic heterocycles. The summed E-state index contributed by atoms with van der Waals surface area (Å²) in [6.45, 7) is 6.24. The quantitative estimate of drug-likeness (QED) is 0.916. The van der Waals surface area contributed by atoms with Crippen molar-refractivity contribution in [2.24, 2.45) is 0 Å². The molecule has 2 aromatic rings. The number of nitrogens with one attached hydrogen (secondary N) is 1. The van der Waals surface area contributed by atoms with E-state index in [4.69, 9.17) is 0 Å². The molecule has 1 aromatic heterocycles. The summed E-state index contributed by atoms with van der Waals surface area (Å²) in [4.78, 5) is 14.3. The molecule has 1 amide bonds. The first-order valence-electron chi connectivity index (χ1n) is 7.84. The first kappa shape index (κ1) is 14.1. The van der Waals surface area contributed by atoms with Gasteiger partial charge < -0.3 is 14.8 Å². The van der Waals surface area contributed by atoms with Crippen LogP contribution in [0.15, 0.2) is 30.5 Å². The number of nitrogens with zero attached hydrogens (tertiary/aromatic N) is 2. The first-order chi connectivity index (χ1) is 10.3. The van der Waals surface area contributed by atoms with Gasteiger partial charge in [-0.25, -0.2) is 0 Å². The fraction of sp³-hybridized carbons (Fsp3) is 0.471. The SMILES string of the molecule is CCNCc1ccc2ccn(CC(=O)N3CCCC3)c2c1. The molecule has 4 heteroatoms. The lowest BCUT2D eigenvalue weighted by molar-refractivity contribution is -0.130. The maximum atomic E-state index is 12.3. The van der Waals surface area contributed by atoms with E-state index in [9.17, 15) is 4.79 Å². The van der Waals surface area contributed by atoms with Crippen LogP contribution in [0.25, 0.3) is 10.9 Å². The molecule has 1 fully saturated rings. The number of carbonyl (C=O) groups excluding carboxylic acids is 1. The topological polar surface area (TPSA) is 37.3 Å². The predicted octanol–water partition coefficient (Wildman–Crippen LogP) is 2.37. The summed E-state index contributed by atoms with van der Waals surface area (Å²) < 4.78 is 2.07. The van der Waals surface area contributed by atoms with Gasteiger partial charge in [-0.05, 0) is 42.5 Å². The molecule has 0 aliphatic carbocycles. The number of hydrogen-bond acceptors (Lipinski definition) is 2. The zero-order valence-corrected chi connectivity index (χ0v) is 12.6. The van der Waals surface area contributed by atoms with Gasteiger partial charge in [0.15, 0.2) is 0 Å². The zero-order valence-electron chi connectivity index (χ0n) is 12.6. The zero-order chi connectivity index (χ0) is 14.7. The second-order valence-corrected chi connectivity index (χ2v) is 5.71. The number of hydrogen-bond donors (Lipinski definition) is 1. The van der Waals surface area contributed by atoms with Crippen molar-refractivity contribution in [2.75, 3.05) is 19.6 Å². The Hall–Kier alpha value is -1.81. The molecule has 112 valence electrons. The third-order valence-corrected chi connectivity index (χ3v) is 4.18. The number of rotatable bonds is 5. The Morgan fingerprint density at radius 1 is 1.24 bits per heavy atom. The van der Waals surface area contributed by atoms with Crippen molar-refractivity contribution in [2.45, 2.75) is 32.9 Å². The van der Waals surface area contributed by atoms with Crippen LogP contribution in [-0.2, 0) is 17.9 Å². The normalized spacial score (nSPS) is 15.0. The van der Waals surface area contributed by atoms with E-state index in [2.05, 4.69) is 41.1 Å².